The molecule has 0 aliphatic heterocycles. The number of carbonyl (C=O) groups excluding carboxylic acids is 1. The Hall–Kier alpha value is -2.08. The van der Waals surface area contributed by atoms with Crippen molar-refractivity contribution in [3.05, 3.63) is 40.3 Å². The Balaban J connectivity index is 2.13. The number of carbonyl (C=O) groups is 1. The minimum atomic E-state index is -0.133. The molecule has 0 bridgehead atoms. The Bertz CT molecular complexity index is 539. The SMILES string of the molecule is CNC(=O)c1ccc(N)c(NCc2cscn2)c1. The van der Waals surface area contributed by atoms with E-state index in [1.807, 2.05) is 5.38 Å². The maximum atomic E-state index is 11.5. The molecule has 0 atom stereocenters. The number of rotatable bonds is 4. The average molecular weight is 262 g/mol. The van der Waals surface area contributed by atoms with Crippen LogP contribution in [0.15, 0.2) is 29.1 Å². The second kappa shape index (κ2) is 5.50. The number of benzene rings is 1. The van der Waals surface area contributed by atoms with Crippen molar-refractivity contribution in [2.24, 2.45) is 0 Å². The summed E-state index contributed by atoms with van der Waals surface area (Å²) in [6, 6.07) is 5.15. The molecule has 0 unspecified atom stereocenters. The quantitative estimate of drug-likeness (QED) is 0.733. The van der Waals surface area contributed by atoms with E-state index in [1.165, 1.54) is 0 Å². The lowest BCUT2D eigenvalue weighted by molar-refractivity contribution is 0.0963. The molecule has 2 rings (SSSR count). The van der Waals surface area contributed by atoms with Crippen LogP contribution in [0.1, 0.15) is 16.1 Å². The second-order valence-electron chi connectivity index (χ2n) is 3.71. The Morgan fingerprint density at radius 3 is 3.00 bits per heavy atom. The maximum absolute atomic E-state index is 11.5. The molecule has 1 amide bonds. The van der Waals surface area contributed by atoms with Gasteiger partial charge in [0.25, 0.3) is 5.91 Å². The number of nitrogen functional groups attached to an aromatic ring is 1. The number of thiazole rings is 1. The first kappa shape index (κ1) is 12.4. The third kappa shape index (κ3) is 2.78. The van der Waals surface area contributed by atoms with Crippen molar-refractivity contribution < 1.29 is 4.79 Å². The van der Waals surface area contributed by atoms with E-state index >= 15 is 0 Å². The molecule has 0 radical (unpaired) electrons. The standard InChI is InChI=1S/C12H14N4OS/c1-14-12(17)8-2-3-10(13)11(4-8)15-5-9-6-18-7-16-9/h2-4,6-7,15H,5,13H2,1H3,(H,14,17). The highest BCUT2D eigenvalue weighted by atomic mass is 32.1. The van der Waals surface area contributed by atoms with Crippen LogP contribution in [0, 0.1) is 0 Å². The molecule has 0 saturated heterocycles. The number of nitrogens with zero attached hydrogens (tertiary/aromatic N) is 1. The molecule has 1 aromatic carbocycles. The van der Waals surface area contributed by atoms with Gasteiger partial charge in [-0.3, -0.25) is 4.79 Å². The van der Waals surface area contributed by atoms with E-state index in [2.05, 4.69) is 15.6 Å². The van der Waals surface area contributed by atoms with Crippen molar-refractivity contribution in [2.45, 2.75) is 6.54 Å². The van der Waals surface area contributed by atoms with Crippen LogP contribution in [0.2, 0.25) is 0 Å². The van der Waals surface area contributed by atoms with Crippen molar-refractivity contribution in [3.63, 3.8) is 0 Å². The number of amides is 1. The fourth-order valence-electron chi connectivity index (χ4n) is 1.51. The van der Waals surface area contributed by atoms with Crippen molar-refractivity contribution in [1.82, 2.24) is 10.3 Å². The van der Waals surface area contributed by atoms with Gasteiger partial charge in [0, 0.05) is 18.0 Å². The normalized spacial score (nSPS) is 10.1. The lowest BCUT2D eigenvalue weighted by Gasteiger charge is -2.09. The second-order valence-corrected chi connectivity index (χ2v) is 4.43. The summed E-state index contributed by atoms with van der Waals surface area (Å²) in [5, 5.41) is 7.72. The van der Waals surface area contributed by atoms with Crippen LogP contribution >= 0.6 is 11.3 Å². The lowest BCUT2D eigenvalue weighted by atomic mass is 10.1. The van der Waals surface area contributed by atoms with E-state index in [1.54, 1.807) is 42.1 Å². The first-order chi connectivity index (χ1) is 8.70. The predicted molar refractivity (Wildman–Crippen MR) is 73.7 cm³/mol. The van der Waals surface area contributed by atoms with Gasteiger partial charge in [0.1, 0.15) is 0 Å². The fraction of sp³-hybridized carbons (Fsp3) is 0.167. The van der Waals surface area contributed by atoms with Crippen molar-refractivity contribution in [1.29, 1.82) is 0 Å². The van der Waals surface area contributed by atoms with Gasteiger partial charge in [-0.15, -0.1) is 11.3 Å². The molecule has 6 heteroatoms. The number of aromatic nitrogens is 1. The lowest BCUT2D eigenvalue weighted by Crippen LogP contribution is -2.18. The van der Waals surface area contributed by atoms with Gasteiger partial charge in [0.2, 0.25) is 0 Å². The van der Waals surface area contributed by atoms with Crippen LogP contribution in [0.4, 0.5) is 11.4 Å². The highest BCUT2D eigenvalue weighted by molar-refractivity contribution is 7.07. The van der Waals surface area contributed by atoms with E-state index in [-0.39, 0.29) is 5.91 Å². The van der Waals surface area contributed by atoms with E-state index in [0.29, 0.717) is 17.8 Å². The maximum Gasteiger partial charge on any atom is 0.251 e. The summed E-state index contributed by atoms with van der Waals surface area (Å²) in [5.74, 6) is -0.133. The zero-order chi connectivity index (χ0) is 13.0. The summed E-state index contributed by atoms with van der Waals surface area (Å²) < 4.78 is 0. The third-order valence-corrected chi connectivity index (χ3v) is 3.12. The first-order valence-corrected chi connectivity index (χ1v) is 6.37. The van der Waals surface area contributed by atoms with Crippen LogP contribution < -0.4 is 16.4 Å². The zero-order valence-corrected chi connectivity index (χ0v) is 10.8. The van der Waals surface area contributed by atoms with E-state index < -0.39 is 0 Å². The van der Waals surface area contributed by atoms with Crippen LogP contribution in [0.5, 0.6) is 0 Å². The Kier molecular flexibility index (Phi) is 3.78. The molecule has 0 fully saturated rings. The van der Waals surface area contributed by atoms with Crippen LogP contribution in [0.25, 0.3) is 0 Å². The number of nitrogens with one attached hydrogen (secondary N) is 2. The molecule has 0 spiro atoms. The van der Waals surface area contributed by atoms with Gasteiger partial charge in [-0.1, -0.05) is 0 Å². The third-order valence-electron chi connectivity index (χ3n) is 2.49. The monoisotopic (exact) mass is 262 g/mol. The first-order valence-electron chi connectivity index (χ1n) is 5.43. The highest BCUT2D eigenvalue weighted by Gasteiger charge is 2.06. The summed E-state index contributed by atoms with van der Waals surface area (Å²) in [5.41, 5.74) is 10.5. The van der Waals surface area contributed by atoms with Gasteiger partial charge in [-0.2, -0.15) is 0 Å². The molecule has 18 heavy (non-hydrogen) atoms. The smallest absolute Gasteiger partial charge is 0.251 e. The van der Waals surface area contributed by atoms with Crippen molar-refractivity contribution in [2.75, 3.05) is 18.1 Å². The topological polar surface area (TPSA) is 80.0 Å². The van der Waals surface area contributed by atoms with Crippen molar-refractivity contribution in [3.8, 4) is 0 Å². The molecule has 0 saturated carbocycles. The zero-order valence-electron chi connectivity index (χ0n) is 9.93. The molecule has 0 aliphatic rings. The van der Waals surface area contributed by atoms with E-state index in [9.17, 15) is 4.79 Å². The fourth-order valence-corrected chi connectivity index (χ4v) is 2.06. The van der Waals surface area contributed by atoms with Crippen LogP contribution in [-0.4, -0.2) is 17.9 Å². The molecular formula is C12H14N4OS. The van der Waals surface area contributed by atoms with Gasteiger partial charge < -0.3 is 16.4 Å². The van der Waals surface area contributed by atoms with Gasteiger partial charge in [-0.25, -0.2) is 4.98 Å². The number of nitrogens with two attached hydrogens (primary N) is 1. The molecule has 1 heterocycles. The summed E-state index contributed by atoms with van der Waals surface area (Å²) in [7, 11) is 1.60. The largest absolute Gasteiger partial charge is 0.397 e. The van der Waals surface area contributed by atoms with Crippen LogP contribution in [-0.2, 0) is 6.54 Å². The van der Waals surface area contributed by atoms with Gasteiger partial charge in [-0.05, 0) is 18.2 Å². The van der Waals surface area contributed by atoms with Gasteiger partial charge in [0.15, 0.2) is 0 Å². The summed E-state index contributed by atoms with van der Waals surface area (Å²) in [4.78, 5) is 15.7. The van der Waals surface area contributed by atoms with Crippen LogP contribution in [0.3, 0.4) is 0 Å². The molecule has 1 aromatic heterocycles. The number of hydrogen-bond acceptors (Lipinski definition) is 5. The number of anilines is 2. The minimum absolute atomic E-state index is 0.133. The molecule has 0 aliphatic carbocycles. The Morgan fingerprint density at radius 1 is 1.50 bits per heavy atom. The molecule has 4 N–H and O–H groups in total. The highest BCUT2D eigenvalue weighted by Crippen LogP contribution is 2.20. The van der Waals surface area contributed by atoms with Gasteiger partial charge >= 0.3 is 0 Å². The van der Waals surface area contributed by atoms with Gasteiger partial charge in [0.05, 0.1) is 29.1 Å². The molecule has 5 nitrogen and oxygen atoms in total. The molecule has 2 aromatic rings. The summed E-state index contributed by atoms with van der Waals surface area (Å²) in [6.07, 6.45) is 0. The van der Waals surface area contributed by atoms with E-state index in [0.717, 1.165) is 11.4 Å². The average Bonchev–Trinajstić information content (AvgIpc) is 2.90. The van der Waals surface area contributed by atoms with Crippen molar-refractivity contribution >= 4 is 28.6 Å². The minimum Gasteiger partial charge on any atom is -0.397 e. The molecular weight excluding hydrogens is 248 g/mol. The summed E-state index contributed by atoms with van der Waals surface area (Å²) in [6.45, 7) is 0.588. The molecule has 94 valence electrons. The summed E-state index contributed by atoms with van der Waals surface area (Å²) >= 11 is 1.54. The Labute approximate surface area is 109 Å². The van der Waals surface area contributed by atoms with E-state index in [4.69, 9.17) is 5.73 Å². The Morgan fingerprint density at radius 2 is 2.33 bits per heavy atom. The predicted octanol–water partition coefficient (Wildman–Crippen LogP) is 1.70. The number of hydrogen-bond donors (Lipinski definition) is 3.